The average Bonchev–Trinajstić information content (AvgIpc) is 2.50. The van der Waals surface area contributed by atoms with E-state index in [0.29, 0.717) is 23.7 Å². The SMILES string of the molecule is CCOc1cc(C=O)ccc1O[C@@H](C)c1ccccc1. The zero-order chi connectivity index (χ0) is 14.4. The molecule has 0 unspecified atom stereocenters. The maximum atomic E-state index is 10.8. The second-order valence-corrected chi connectivity index (χ2v) is 4.43. The number of aldehydes is 1. The molecule has 104 valence electrons. The Kier molecular flexibility index (Phi) is 4.77. The molecule has 1 atom stereocenters. The van der Waals surface area contributed by atoms with Gasteiger partial charge in [-0.1, -0.05) is 30.3 Å². The first-order chi connectivity index (χ1) is 9.74. The van der Waals surface area contributed by atoms with Gasteiger partial charge in [-0.25, -0.2) is 0 Å². The fourth-order valence-corrected chi connectivity index (χ4v) is 1.95. The van der Waals surface area contributed by atoms with Crippen LogP contribution in [0.15, 0.2) is 48.5 Å². The fourth-order valence-electron chi connectivity index (χ4n) is 1.95. The lowest BCUT2D eigenvalue weighted by Gasteiger charge is -2.18. The largest absolute Gasteiger partial charge is 0.490 e. The Morgan fingerprint density at radius 1 is 1.10 bits per heavy atom. The van der Waals surface area contributed by atoms with E-state index in [2.05, 4.69) is 0 Å². The molecule has 0 aromatic heterocycles. The Balaban J connectivity index is 2.22. The third kappa shape index (κ3) is 3.38. The predicted octanol–water partition coefficient (Wildman–Crippen LogP) is 4.04. The van der Waals surface area contributed by atoms with Crippen LogP contribution in [0.1, 0.15) is 35.9 Å². The molecule has 0 N–H and O–H groups in total. The van der Waals surface area contributed by atoms with Crippen LogP contribution in [0.5, 0.6) is 11.5 Å². The first-order valence-electron chi connectivity index (χ1n) is 6.68. The first-order valence-corrected chi connectivity index (χ1v) is 6.68. The molecule has 0 bridgehead atoms. The van der Waals surface area contributed by atoms with Crippen LogP contribution in [0.25, 0.3) is 0 Å². The number of hydrogen-bond acceptors (Lipinski definition) is 3. The second-order valence-electron chi connectivity index (χ2n) is 4.43. The van der Waals surface area contributed by atoms with Gasteiger partial charge in [0.25, 0.3) is 0 Å². The van der Waals surface area contributed by atoms with Crippen LogP contribution >= 0.6 is 0 Å². The van der Waals surface area contributed by atoms with Gasteiger partial charge in [-0.05, 0) is 37.6 Å². The van der Waals surface area contributed by atoms with Gasteiger partial charge in [-0.3, -0.25) is 4.79 Å². The van der Waals surface area contributed by atoms with Crippen LogP contribution in [-0.4, -0.2) is 12.9 Å². The lowest BCUT2D eigenvalue weighted by atomic mass is 10.1. The minimum atomic E-state index is -0.0857. The van der Waals surface area contributed by atoms with E-state index in [4.69, 9.17) is 9.47 Å². The van der Waals surface area contributed by atoms with Gasteiger partial charge in [-0.2, -0.15) is 0 Å². The number of rotatable bonds is 6. The molecule has 0 spiro atoms. The third-order valence-corrected chi connectivity index (χ3v) is 2.98. The van der Waals surface area contributed by atoms with Gasteiger partial charge < -0.3 is 9.47 Å². The second kappa shape index (κ2) is 6.75. The first kappa shape index (κ1) is 14.1. The Labute approximate surface area is 119 Å². The van der Waals surface area contributed by atoms with Crippen LogP contribution in [0, 0.1) is 0 Å². The molecule has 0 amide bonds. The highest BCUT2D eigenvalue weighted by molar-refractivity contribution is 5.76. The van der Waals surface area contributed by atoms with Gasteiger partial charge in [0.1, 0.15) is 12.4 Å². The van der Waals surface area contributed by atoms with E-state index in [0.717, 1.165) is 11.8 Å². The highest BCUT2D eigenvalue weighted by Crippen LogP contribution is 2.32. The van der Waals surface area contributed by atoms with Crippen molar-refractivity contribution in [2.45, 2.75) is 20.0 Å². The van der Waals surface area contributed by atoms with E-state index in [9.17, 15) is 4.79 Å². The minimum Gasteiger partial charge on any atom is -0.490 e. The minimum absolute atomic E-state index is 0.0857. The molecule has 0 aliphatic rings. The van der Waals surface area contributed by atoms with E-state index in [1.54, 1.807) is 18.2 Å². The van der Waals surface area contributed by atoms with Crippen molar-refractivity contribution in [1.29, 1.82) is 0 Å². The molecule has 0 saturated heterocycles. The summed E-state index contributed by atoms with van der Waals surface area (Å²) < 4.78 is 11.5. The Morgan fingerprint density at radius 3 is 2.50 bits per heavy atom. The zero-order valence-corrected chi connectivity index (χ0v) is 11.7. The summed E-state index contributed by atoms with van der Waals surface area (Å²) in [4.78, 5) is 10.8. The van der Waals surface area contributed by atoms with Crippen LogP contribution < -0.4 is 9.47 Å². The molecule has 0 saturated carbocycles. The van der Waals surface area contributed by atoms with Crippen molar-refractivity contribution in [1.82, 2.24) is 0 Å². The Morgan fingerprint density at radius 2 is 1.85 bits per heavy atom. The quantitative estimate of drug-likeness (QED) is 0.743. The molecule has 0 aliphatic heterocycles. The standard InChI is InChI=1S/C17H18O3/c1-3-19-17-11-14(12-18)9-10-16(17)20-13(2)15-7-5-4-6-8-15/h4-13H,3H2,1-2H3/t13-/m0/s1. The van der Waals surface area contributed by atoms with Gasteiger partial charge in [-0.15, -0.1) is 0 Å². The molecule has 2 aromatic carbocycles. The summed E-state index contributed by atoms with van der Waals surface area (Å²) in [5, 5.41) is 0. The van der Waals surface area contributed by atoms with Crippen molar-refractivity contribution in [2.75, 3.05) is 6.61 Å². The lowest BCUT2D eigenvalue weighted by molar-refractivity contribution is 0.112. The maximum absolute atomic E-state index is 10.8. The average molecular weight is 270 g/mol. The molecular formula is C17H18O3. The van der Waals surface area contributed by atoms with Crippen molar-refractivity contribution in [3.8, 4) is 11.5 Å². The molecule has 2 rings (SSSR count). The Bertz CT molecular complexity index is 564. The van der Waals surface area contributed by atoms with Gasteiger partial charge >= 0.3 is 0 Å². The van der Waals surface area contributed by atoms with Crippen molar-refractivity contribution >= 4 is 6.29 Å². The van der Waals surface area contributed by atoms with E-state index >= 15 is 0 Å². The van der Waals surface area contributed by atoms with Crippen molar-refractivity contribution in [3.05, 3.63) is 59.7 Å². The summed E-state index contributed by atoms with van der Waals surface area (Å²) in [5.41, 5.74) is 1.67. The summed E-state index contributed by atoms with van der Waals surface area (Å²) in [5.74, 6) is 1.24. The van der Waals surface area contributed by atoms with Gasteiger partial charge in [0.15, 0.2) is 11.5 Å². The third-order valence-electron chi connectivity index (χ3n) is 2.98. The molecule has 0 aliphatic carbocycles. The normalized spacial score (nSPS) is 11.7. The summed E-state index contributed by atoms with van der Waals surface area (Å²) >= 11 is 0. The molecule has 0 radical (unpaired) electrons. The monoisotopic (exact) mass is 270 g/mol. The molecule has 2 aromatic rings. The van der Waals surface area contributed by atoms with Crippen LogP contribution in [-0.2, 0) is 0 Å². The van der Waals surface area contributed by atoms with Crippen LogP contribution in [0.4, 0.5) is 0 Å². The maximum Gasteiger partial charge on any atom is 0.162 e. The van der Waals surface area contributed by atoms with E-state index in [1.807, 2.05) is 44.2 Å². The predicted molar refractivity (Wildman–Crippen MR) is 78.5 cm³/mol. The highest BCUT2D eigenvalue weighted by atomic mass is 16.5. The van der Waals surface area contributed by atoms with Gasteiger partial charge in [0.2, 0.25) is 0 Å². The van der Waals surface area contributed by atoms with Crippen LogP contribution in [0.3, 0.4) is 0 Å². The molecular weight excluding hydrogens is 252 g/mol. The van der Waals surface area contributed by atoms with Gasteiger partial charge in [0, 0.05) is 5.56 Å². The number of carbonyl (C=O) groups is 1. The molecule has 0 heterocycles. The number of ether oxygens (including phenoxy) is 2. The smallest absolute Gasteiger partial charge is 0.162 e. The fraction of sp³-hybridized carbons (Fsp3) is 0.235. The summed E-state index contributed by atoms with van der Waals surface area (Å²) in [6.45, 7) is 4.41. The summed E-state index contributed by atoms with van der Waals surface area (Å²) in [6, 6.07) is 15.2. The highest BCUT2D eigenvalue weighted by Gasteiger charge is 2.11. The number of carbonyl (C=O) groups excluding carboxylic acids is 1. The van der Waals surface area contributed by atoms with Crippen LogP contribution in [0.2, 0.25) is 0 Å². The van der Waals surface area contributed by atoms with Gasteiger partial charge in [0.05, 0.1) is 6.61 Å². The molecule has 3 nitrogen and oxygen atoms in total. The number of hydrogen-bond donors (Lipinski definition) is 0. The zero-order valence-electron chi connectivity index (χ0n) is 11.7. The van der Waals surface area contributed by atoms with E-state index in [-0.39, 0.29) is 6.10 Å². The van der Waals surface area contributed by atoms with Crippen molar-refractivity contribution < 1.29 is 14.3 Å². The molecule has 0 fully saturated rings. The molecule has 3 heteroatoms. The Hall–Kier alpha value is -2.29. The van der Waals surface area contributed by atoms with Crippen molar-refractivity contribution in [2.24, 2.45) is 0 Å². The molecule has 20 heavy (non-hydrogen) atoms. The lowest BCUT2D eigenvalue weighted by Crippen LogP contribution is -2.05. The number of benzene rings is 2. The van der Waals surface area contributed by atoms with E-state index < -0.39 is 0 Å². The topological polar surface area (TPSA) is 35.5 Å². The van der Waals surface area contributed by atoms with Crippen molar-refractivity contribution in [3.63, 3.8) is 0 Å². The van der Waals surface area contributed by atoms with E-state index in [1.165, 1.54) is 0 Å². The summed E-state index contributed by atoms with van der Waals surface area (Å²) in [6.07, 6.45) is 0.713. The summed E-state index contributed by atoms with van der Waals surface area (Å²) in [7, 11) is 0.